The number of nitrogens with zero attached hydrogens (tertiary/aromatic N) is 1. The number of ether oxygens (including phenoxy) is 1. The second kappa shape index (κ2) is 13.3. The zero-order valence-electron chi connectivity index (χ0n) is 13.6. The highest BCUT2D eigenvalue weighted by Crippen LogP contribution is 2.05. The van der Waals surface area contributed by atoms with Gasteiger partial charge in [0.2, 0.25) is 0 Å². The van der Waals surface area contributed by atoms with Crippen molar-refractivity contribution in [3.05, 3.63) is 0 Å². The van der Waals surface area contributed by atoms with E-state index in [2.05, 4.69) is 27.2 Å². The highest BCUT2D eigenvalue weighted by atomic mass is 127. The Balaban J connectivity index is 0. The number of hydrogen-bond acceptors (Lipinski definition) is 4. The normalized spacial score (nSPS) is 11.4. The van der Waals surface area contributed by atoms with Crippen LogP contribution in [0.4, 0.5) is 4.79 Å². The van der Waals surface area contributed by atoms with Crippen LogP contribution in [-0.4, -0.2) is 55.8 Å². The number of alkyl carbamates (subject to hydrolysis) is 1. The number of thioether (sulfide) groups is 1. The topological polar surface area (TPSA) is 74.8 Å². The van der Waals surface area contributed by atoms with Gasteiger partial charge in [0, 0.05) is 25.4 Å². The first kappa shape index (κ1) is 22.9. The van der Waals surface area contributed by atoms with Gasteiger partial charge in [-0.3, -0.25) is 4.99 Å². The van der Waals surface area contributed by atoms with Gasteiger partial charge in [0.15, 0.2) is 5.96 Å². The van der Waals surface area contributed by atoms with Crippen LogP contribution in [0.2, 0.25) is 0 Å². The Morgan fingerprint density at radius 1 is 1.19 bits per heavy atom. The molecule has 0 aliphatic heterocycles. The van der Waals surface area contributed by atoms with E-state index in [1.165, 1.54) is 0 Å². The van der Waals surface area contributed by atoms with Crippen molar-refractivity contribution < 1.29 is 9.53 Å². The molecule has 0 aromatic rings. The van der Waals surface area contributed by atoms with E-state index in [1.54, 1.807) is 11.8 Å². The van der Waals surface area contributed by atoms with Crippen LogP contribution in [0.3, 0.4) is 0 Å². The molecule has 0 heterocycles. The molecule has 0 saturated heterocycles. The molecule has 0 saturated carbocycles. The number of guanidine groups is 1. The number of amides is 1. The molecule has 0 aromatic heterocycles. The fourth-order valence-corrected chi connectivity index (χ4v) is 1.52. The van der Waals surface area contributed by atoms with Gasteiger partial charge in [0.05, 0.1) is 6.54 Å². The van der Waals surface area contributed by atoms with Crippen molar-refractivity contribution in [2.75, 3.05) is 38.2 Å². The minimum absolute atomic E-state index is 0. The lowest BCUT2D eigenvalue weighted by molar-refractivity contribution is 0.0529. The molecule has 0 radical (unpaired) electrons. The maximum atomic E-state index is 11.4. The molecule has 0 aliphatic rings. The molecule has 8 heteroatoms. The number of rotatable bonds is 7. The molecule has 3 N–H and O–H groups in total. The lowest BCUT2D eigenvalue weighted by atomic mass is 10.2. The second-order valence-electron chi connectivity index (χ2n) is 5.11. The third-order valence-corrected chi connectivity index (χ3v) is 2.59. The van der Waals surface area contributed by atoms with Crippen molar-refractivity contribution >= 4 is 47.8 Å². The summed E-state index contributed by atoms with van der Waals surface area (Å²) in [6.07, 6.45) is 1.66. The Hall–Kier alpha value is -0.380. The van der Waals surface area contributed by atoms with Crippen molar-refractivity contribution in [3.63, 3.8) is 0 Å². The van der Waals surface area contributed by atoms with E-state index in [0.717, 1.165) is 24.8 Å². The Morgan fingerprint density at radius 3 is 2.33 bits per heavy atom. The van der Waals surface area contributed by atoms with Crippen LogP contribution in [0.5, 0.6) is 0 Å². The summed E-state index contributed by atoms with van der Waals surface area (Å²) in [6, 6.07) is 0. The molecular formula is C13H29IN4O2S. The summed E-state index contributed by atoms with van der Waals surface area (Å²) in [5.74, 6) is 1.76. The minimum Gasteiger partial charge on any atom is -0.444 e. The average Bonchev–Trinajstić information content (AvgIpc) is 2.32. The third kappa shape index (κ3) is 15.8. The first-order chi connectivity index (χ1) is 9.39. The van der Waals surface area contributed by atoms with Crippen molar-refractivity contribution in [2.24, 2.45) is 4.99 Å². The predicted octanol–water partition coefficient (Wildman–Crippen LogP) is 2.05. The molecule has 6 nitrogen and oxygen atoms in total. The van der Waals surface area contributed by atoms with Crippen LogP contribution in [0.25, 0.3) is 0 Å². The van der Waals surface area contributed by atoms with Crippen LogP contribution in [0.15, 0.2) is 4.99 Å². The highest BCUT2D eigenvalue weighted by Gasteiger charge is 2.15. The number of nitrogens with one attached hydrogen (secondary N) is 3. The number of carbonyl (C=O) groups is 1. The van der Waals surface area contributed by atoms with E-state index in [-0.39, 0.29) is 24.0 Å². The standard InChI is InChI=1S/C13H28N4O2S.HI/c1-6-14-11(16-9-10-20-5)15-7-8-17-12(18)19-13(2,3)4;/h6-10H2,1-5H3,(H,17,18)(H2,14,15,16);1H. The Kier molecular flexibility index (Phi) is 14.5. The largest absolute Gasteiger partial charge is 0.444 e. The summed E-state index contributed by atoms with van der Waals surface area (Å²) in [6.45, 7) is 10.2. The van der Waals surface area contributed by atoms with E-state index >= 15 is 0 Å². The summed E-state index contributed by atoms with van der Waals surface area (Å²) in [5, 5.41) is 9.00. The van der Waals surface area contributed by atoms with Gasteiger partial charge in [-0.15, -0.1) is 24.0 Å². The summed E-state index contributed by atoms with van der Waals surface area (Å²) in [4.78, 5) is 15.8. The molecule has 21 heavy (non-hydrogen) atoms. The summed E-state index contributed by atoms with van der Waals surface area (Å²) in [7, 11) is 0. The molecule has 0 atom stereocenters. The Labute approximate surface area is 149 Å². The molecule has 0 spiro atoms. The van der Waals surface area contributed by atoms with E-state index in [9.17, 15) is 4.79 Å². The number of carbonyl (C=O) groups excluding carboxylic acids is 1. The molecule has 1 amide bonds. The average molecular weight is 432 g/mol. The molecule has 0 fully saturated rings. The first-order valence-electron chi connectivity index (χ1n) is 6.87. The van der Waals surface area contributed by atoms with Gasteiger partial charge < -0.3 is 20.7 Å². The maximum absolute atomic E-state index is 11.4. The lowest BCUT2D eigenvalue weighted by Gasteiger charge is -2.19. The van der Waals surface area contributed by atoms with Gasteiger partial charge in [-0.25, -0.2) is 4.79 Å². The summed E-state index contributed by atoms with van der Waals surface area (Å²) in [5.41, 5.74) is -0.467. The fraction of sp³-hybridized carbons (Fsp3) is 0.846. The molecule has 0 aromatic carbocycles. The molecule has 126 valence electrons. The van der Waals surface area contributed by atoms with E-state index < -0.39 is 11.7 Å². The first-order valence-corrected chi connectivity index (χ1v) is 8.26. The number of aliphatic imine (C=N–C) groups is 1. The van der Waals surface area contributed by atoms with Crippen LogP contribution < -0.4 is 16.0 Å². The number of hydrogen-bond donors (Lipinski definition) is 3. The van der Waals surface area contributed by atoms with E-state index in [0.29, 0.717) is 13.1 Å². The predicted molar refractivity (Wildman–Crippen MR) is 102 cm³/mol. The summed E-state index contributed by atoms with van der Waals surface area (Å²) < 4.78 is 5.15. The minimum atomic E-state index is -0.467. The molecular weight excluding hydrogens is 403 g/mol. The van der Waals surface area contributed by atoms with Gasteiger partial charge >= 0.3 is 6.09 Å². The lowest BCUT2D eigenvalue weighted by Crippen LogP contribution is -2.42. The van der Waals surface area contributed by atoms with Crippen molar-refractivity contribution in [3.8, 4) is 0 Å². The molecule has 0 unspecified atom stereocenters. The zero-order valence-corrected chi connectivity index (χ0v) is 16.8. The van der Waals surface area contributed by atoms with Crippen LogP contribution in [0, 0.1) is 0 Å². The van der Waals surface area contributed by atoms with Gasteiger partial charge in [-0.05, 0) is 34.0 Å². The summed E-state index contributed by atoms with van der Waals surface area (Å²) >= 11 is 1.76. The fourth-order valence-electron chi connectivity index (χ4n) is 1.25. The van der Waals surface area contributed by atoms with Gasteiger partial charge in [0.1, 0.15) is 5.60 Å². The quantitative estimate of drug-likeness (QED) is 0.249. The maximum Gasteiger partial charge on any atom is 0.407 e. The van der Waals surface area contributed by atoms with E-state index in [1.807, 2.05) is 27.7 Å². The number of halogens is 1. The Bertz CT molecular complexity index is 309. The molecule has 0 aliphatic carbocycles. The smallest absolute Gasteiger partial charge is 0.407 e. The Morgan fingerprint density at radius 2 is 1.81 bits per heavy atom. The van der Waals surface area contributed by atoms with Crippen LogP contribution in [-0.2, 0) is 4.74 Å². The highest BCUT2D eigenvalue weighted by molar-refractivity contribution is 14.0. The zero-order chi connectivity index (χ0) is 15.4. The molecule has 0 bridgehead atoms. The van der Waals surface area contributed by atoms with Crippen molar-refractivity contribution in [1.82, 2.24) is 16.0 Å². The SMILES string of the molecule is CCNC(=NCCSC)NCCNC(=O)OC(C)(C)C.I. The van der Waals surface area contributed by atoms with Gasteiger partial charge in [-0.2, -0.15) is 11.8 Å². The second-order valence-corrected chi connectivity index (χ2v) is 6.09. The van der Waals surface area contributed by atoms with Crippen molar-refractivity contribution in [2.45, 2.75) is 33.3 Å². The van der Waals surface area contributed by atoms with Crippen LogP contribution in [0.1, 0.15) is 27.7 Å². The van der Waals surface area contributed by atoms with Crippen LogP contribution >= 0.6 is 35.7 Å². The van der Waals surface area contributed by atoms with Crippen molar-refractivity contribution in [1.29, 1.82) is 0 Å². The monoisotopic (exact) mass is 432 g/mol. The van der Waals surface area contributed by atoms with Gasteiger partial charge in [-0.1, -0.05) is 0 Å². The third-order valence-electron chi connectivity index (χ3n) is 2.00. The van der Waals surface area contributed by atoms with E-state index in [4.69, 9.17) is 4.74 Å². The molecule has 0 rings (SSSR count). The van der Waals surface area contributed by atoms with Gasteiger partial charge in [0.25, 0.3) is 0 Å².